The highest BCUT2D eigenvalue weighted by atomic mass is 16.1. The average molecular weight is 209 g/mol. The smallest absolute Gasteiger partial charge is 0.217 e. The second-order valence-corrected chi connectivity index (χ2v) is 5.88. The van der Waals surface area contributed by atoms with Crippen LogP contribution in [0.5, 0.6) is 0 Å². The molecule has 2 nitrogen and oxygen atoms in total. The normalized spacial score (nSPS) is 46.1. The molecule has 86 valence electrons. The van der Waals surface area contributed by atoms with E-state index in [-0.39, 0.29) is 18.9 Å². The van der Waals surface area contributed by atoms with Crippen molar-refractivity contribution in [1.82, 2.24) is 5.32 Å². The van der Waals surface area contributed by atoms with Crippen LogP contribution in [0.1, 0.15) is 52.9 Å². The topological polar surface area (TPSA) is 29.1 Å². The number of hydrogen-bond donors (Lipinski definition) is 1. The lowest BCUT2D eigenvalue weighted by atomic mass is 9.53. The van der Waals surface area contributed by atoms with Crippen LogP contribution in [0.2, 0.25) is 0 Å². The van der Waals surface area contributed by atoms with Crippen molar-refractivity contribution in [2.75, 3.05) is 0 Å². The maximum atomic E-state index is 11.2. The third-order valence-corrected chi connectivity index (χ3v) is 4.48. The molecule has 0 aromatic carbocycles. The van der Waals surface area contributed by atoms with Gasteiger partial charge in [0.25, 0.3) is 0 Å². The van der Waals surface area contributed by atoms with E-state index in [0.717, 1.165) is 17.8 Å². The van der Waals surface area contributed by atoms with Gasteiger partial charge in [-0.3, -0.25) is 4.79 Å². The molecule has 0 heterocycles. The summed E-state index contributed by atoms with van der Waals surface area (Å²) < 4.78 is 0. The molecule has 0 aromatic heterocycles. The van der Waals surface area contributed by atoms with E-state index in [1.165, 1.54) is 38.5 Å². The SMILES string of the molecule is C.CC(=O)NC12CC3CC(CC(C3)C1)C2. The van der Waals surface area contributed by atoms with Crippen LogP contribution >= 0.6 is 0 Å². The van der Waals surface area contributed by atoms with Gasteiger partial charge in [0.15, 0.2) is 0 Å². The van der Waals surface area contributed by atoms with Crippen LogP contribution in [0.15, 0.2) is 0 Å². The number of amides is 1. The maximum absolute atomic E-state index is 11.2. The van der Waals surface area contributed by atoms with E-state index in [2.05, 4.69) is 5.32 Å². The Morgan fingerprint density at radius 3 is 1.80 bits per heavy atom. The fourth-order valence-electron chi connectivity index (χ4n) is 4.64. The standard InChI is InChI=1S/C12H19NO.CH4/c1-8(14)13-12-5-9-2-10(6-12)4-11(3-9)7-12;/h9-11H,2-7H2,1H3,(H,13,14);1H4. The van der Waals surface area contributed by atoms with Gasteiger partial charge in [0.1, 0.15) is 0 Å². The van der Waals surface area contributed by atoms with Gasteiger partial charge in [-0.25, -0.2) is 0 Å². The van der Waals surface area contributed by atoms with Crippen LogP contribution in [0.25, 0.3) is 0 Å². The predicted molar refractivity (Wildman–Crippen MR) is 61.5 cm³/mol. The molecule has 4 fully saturated rings. The van der Waals surface area contributed by atoms with Crippen LogP contribution in [0, 0.1) is 17.8 Å². The molecule has 15 heavy (non-hydrogen) atoms. The molecule has 1 N–H and O–H groups in total. The van der Waals surface area contributed by atoms with E-state index in [4.69, 9.17) is 0 Å². The largest absolute Gasteiger partial charge is 0.351 e. The molecule has 0 aromatic rings. The third-order valence-electron chi connectivity index (χ3n) is 4.48. The van der Waals surface area contributed by atoms with E-state index in [1.807, 2.05) is 0 Å². The quantitative estimate of drug-likeness (QED) is 0.707. The fraction of sp³-hybridized carbons (Fsp3) is 0.923. The lowest BCUT2D eigenvalue weighted by Crippen LogP contribution is -2.59. The van der Waals surface area contributed by atoms with Gasteiger partial charge in [-0.2, -0.15) is 0 Å². The minimum Gasteiger partial charge on any atom is -0.351 e. The molecule has 4 saturated carbocycles. The summed E-state index contributed by atoms with van der Waals surface area (Å²) in [7, 11) is 0. The Balaban J connectivity index is 0.000000853. The van der Waals surface area contributed by atoms with Crippen molar-refractivity contribution in [3.05, 3.63) is 0 Å². The number of nitrogens with one attached hydrogen (secondary N) is 1. The van der Waals surface area contributed by atoms with Crippen LogP contribution in [-0.4, -0.2) is 11.4 Å². The van der Waals surface area contributed by atoms with Crippen LogP contribution < -0.4 is 5.32 Å². The summed E-state index contributed by atoms with van der Waals surface area (Å²) in [6.45, 7) is 1.67. The van der Waals surface area contributed by atoms with Crippen molar-refractivity contribution in [2.45, 2.75) is 58.4 Å². The first-order valence-corrected chi connectivity index (χ1v) is 5.94. The minimum absolute atomic E-state index is 0. The Morgan fingerprint density at radius 2 is 1.47 bits per heavy atom. The van der Waals surface area contributed by atoms with E-state index in [9.17, 15) is 4.79 Å². The lowest BCUT2D eigenvalue weighted by Gasteiger charge is -2.56. The molecule has 0 unspecified atom stereocenters. The molecule has 4 rings (SSSR count). The lowest BCUT2D eigenvalue weighted by molar-refractivity contribution is -0.124. The first kappa shape index (κ1) is 11.0. The zero-order chi connectivity index (χ0) is 9.76. The molecule has 0 atom stereocenters. The van der Waals surface area contributed by atoms with Gasteiger partial charge in [-0.1, -0.05) is 7.43 Å². The van der Waals surface area contributed by atoms with Gasteiger partial charge in [-0.15, -0.1) is 0 Å². The molecule has 0 spiro atoms. The van der Waals surface area contributed by atoms with Gasteiger partial charge in [0.05, 0.1) is 0 Å². The molecule has 4 aliphatic carbocycles. The molecule has 4 aliphatic rings. The Hall–Kier alpha value is -0.530. The van der Waals surface area contributed by atoms with Crippen molar-refractivity contribution in [2.24, 2.45) is 17.8 Å². The maximum Gasteiger partial charge on any atom is 0.217 e. The zero-order valence-electron chi connectivity index (χ0n) is 8.88. The van der Waals surface area contributed by atoms with Gasteiger partial charge < -0.3 is 5.32 Å². The summed E-state index contributed by atoms with van der Waals surface area (Å²) in [6, 6.07) is 0. The van der Waals surface area contributed by atoms with Crippen molar-refractivity contribution in [1.29, 1.82) is 0 Å². The Bertz CT molecular complexity index is 236. The van der Waals surface area contributed by atoms with E-state index in [1.54, 1.807) is 6.92 Å². The van der Waals surface area contributed by atoms with Gasteiger partial charge >= 0.3 is 0 Å². The van der Waals surface area contributed by atoms with Crippen molar-refractivity contribution >= 4 is 5.91 Å². The third kappa shape index (κ3) is 1.79. The first-order chi connectivity index (χ1) is 6.65. The molecule has 0 saturated heterocycles. The predicted octanol–water partition coefficient (Wildman–Crippen LogP) is 2.73. The van der Waals surface area contributed by atoms with E-state index < -0.39 is 0 Å². The highest BCUT2D eigenvalue weighted by Crippen LogP contribution is 2.55. The highest BCUT2D eigenvalue weighted by Gasteiger charge is 2.51. The molecular weight excluding hydrogens is 186 g/mol. The van der Waals surface area contributed by atoms with E-state index in [0.29, 0.717) is 0 Å². The summed E-state index contributed by atoms with van der Waals surface area (Å²) in [5.41, 5.74) is 0.223. The molecule has 2 heteroatoms. The van der Waals surface area contributed by atoms with Gasteiger partial charge in [0, 0.05) is 12.5 Å². The van der Waals surface area contributed by atoms with Crippen molar-refractivity contribution in [3.63, 3.8) is 0 Å². The first-order valence-electron chi connectivity index (χ1n) is 5.94. The average Bonchev–Trinajstić information content (AvgIpc) is 1.96. The van der Waals surface area contributed by atoms with E-state index >= 15 is 0 Å². The molecular formula is C13H23NO. The van der Waals surface area contributed by atoms with Gasteiger partial charge in [0.2, 0.25) is 5.91 Å². The molecule has 0 aliphatic heterocycles. The van der Waals surface area contributed by atoms with Crippen molar-refractivity contribution in [3.8, 4) is 0 Å². The molecule has 0 radical (unpaired) electrons. The Kier molecular flexibility index (Phi) is 2.56. The van der Waals surface area contributed by atoms with Crippen LogP contribution in [-0.2, 0) is 4.79 Å². The second-order valence-electron chi connectivity index (χ2n) is 5.88. The minimum atomic E-state index is 0. The fourth-order valence-corrected chi connectivity index (χ4v) is 4.64. The summed E-state index contributed by atoms with van der Waals surface area (Å²) in [6.07, 6.45) is 8.12. The second kappa shape index (κ2) is 3.50. The summed E-state index contributed by atoms with van der Waals surface area (Å²) in [4.78, 5) is 11.2. The number of carbonyl (C=O) groups is 1. The molecule has 1 amide bonds. The van der Waals surface area contributed by atoms with Gasteiger partial charge in [-0.05, 0) is 56.3 Å². The Labute approximate surface area is 92.8 Å². The molecule has 4 bridgehead atoms. The number of rotatable bonds is 1. The highest BCUT2D eigenvalue weighted by molar-refractivity contribution is 5.73. The Morgan fingerprint density at radius 1 is 1.07 bits per heavy atom. The van der Waals surface area contributed by atoms with Crippen LogP contribution in [0.4, 0.5) is 0 Å². The van der Waals surface area contributed by atoms with Crippen LogP contribution in [0.3, 0.4) is 0 Å². The zero-order valence-corrected chi connectivity index (χ0v) is 8.88. The summed E-state index contributed by atoms with van der Waals surface area (Å²) >= 11 is 0. The van der Waals surface area contributed by atoms with Crippen molar-refractivity contribution < 1.29 is 4.79 Å². The summed E-state index contributed by atoms with van der Waals surface area (Å²) in [5, 5.41) is 3.25. The number of carbonyl (C=O) groups excluding carboxylic acids is 1. The number of hydrogen-bond acceptors (Lipinski definition) is 1. The monoisotopic (exact) mass is 209 g/mol. The summed E-state index contributed by atoms with van der Waals surface area (Å²) in [5.74, 6) is 2.95.